The summed E-state index contributed by atoms with van der Waals surface area (Å²) in [6, 6.07) is 5.12. The topological polar surface area (TPSA) is 149 Å². The highest BCUT2D eigenvalue weighted by Crippen LogP contribution is 2.24. The molecule has 0 aliphatic carbocycles. The van der Waals surface area contributed by atoms with Crippen LogP contribution in [0.4, 0.5) is 17.5 Å². The molecule has 3 heterocycles. The number of H-pyrrole nitrogens is 1. The predicted molar refractivity (Wildman–Crippen MR) is 98.5 cm³/mol. The molecule has 0 saturated carbocycles. The standard InChI is InChI=1S/C17H17N7O3/c1-2-3-4-10-8-19-14(18)13(20-10)15-23-16(24-27-15)21-9-5-6-11-12(7-9)26-17(25)22-11/h5-8H,2-4H2,1H3,(H2,18,19)(H,21,24)(H,22,25). The molecule has 1 aromatic carbocycles. The summed E-state index contributed by atoms with van der Waals surface area (Å²) in [5.74, 6) is 0.111. The van der Waals surface area contributed by atoms with E-state index in [0.717, 1.165) is 25.0 Å². The van der Waals surface area contributed by atoms with Gasteiger partial charge in [-0.3, -0.25) is 4.98 Å². The molecule has 4 rings (SSSR count). The molecule has 0 bridgehead atoms. The number of hydrogen-bond acceptors (Lipinski definition) is 9. The van der Waals surface area contributed by atoms with Gasteiger partial charge < -0.3 is 20.0 Å². The molecule has 0 saturated heterocycles. The first-order valence-corrected chi connectivity index (χ1v) is 8.47. The minimum absolute atomic E-state index is 0.176. The summed E-state index contributed by atoms with van der Waals surface area (Å²) in [5, 5.41) is 6.87. The molecule has 4 N–H and O–H groups in total. The highest BCUT2D eigenvalue weighted by atomic mass is 16.5. The van der Waals surface area contributed by atoms with Crippen molar-refractivity contribution in [1.82, 2.24) is 25.1 Å². The van der Waals surface area contributed by atoms with Crippen molar-refractivity contribution in [2.75, 3.05) is 11.1 Å². The van der Waals surface area contributed by atoms with Crippen LogP contribution in [-0.2, 0) is 6.42 Å². The third-order valence-electron chi connectivity index (χ3n) is 3.94. The van der Waals surface area contributed by atoms with Crippen LogP contribution in [-0.4, -0.2) is 25.1 Å². The zero-order chi connectivity index (χ0) is 18.8. The van der Waals surface area contributed by atoms with Crippen molar-refractivity contribution in [3.05, 3.63) is 40.6 Å². The maximum atomic E-state index is 11.2. The summed E-state index contributed by atoms with van der Waals surface area (Å²) in [5.41, 5.74) is 8.75. The zero-order valence-electron chi connectivity index (χ0n) is 14.5. The lowest BCUT2D eigenvalue weighted by atomic mass is 10.2. The first-order chi connectivity index (χ1) is 13.1. The number of fused-ring (bicyclic) bond motifs is 1. The van der Waals surface area contributed by atoms with E-state index in [-0.39, 0.29) is 17.7 Å². The largest absolute Gasteiger partial charge is 0.417 e. The third-order valence-corrected chi connectivity index (χ3v) is 3.94. The fourth-order valence-electron chi connectivity index (χ4n) is 2.59. The SMILES string of the molecule is CCCCc1cnc(N)c(-c2nc(Nc3ccc4[nH]c(=O)oc4c3)no2)n1. The maximum Gasteiger partial charge on any atom is 0.417 e. The van der Waals surface area contributed by atoms with Crippen molar-refractivity contribution in [3.63, 3.8) is 0 Å². The average Bonchev–Trinajstić information content (AvgIpc) is 3.26. The molecule has 4 aromatic rings. The van der Waals surface area contributed by atoms with E-state index in [4.69, 9.17) is 14.7 Å². The van der Waals surface area contributed by atoms with E-state index in [0.29, 0.717) is 22.5 Å². The molecular formula is C17H17N7O3. The number of nitrogen functional groups attached to an aromatic ring is 1. The molecule has 0 amide bonds. The number of hydrogen-bond donors (Lipinski definition) is 3. The van der Waals surface area contributed by atoms with Gasteiger partial charge in [0.15, 0.2) is 17.1 Å². The molecule has 0 aliphatic rings. The molecule has 3 aromatic heterocycles. The quantitative estimate of drug-likeness (QED) is 0.467. The summed E-state index contributed by atoms with van der Waals surface area (Å²) in [6.45, 7) is 2.11. The van der Waals surface area contributed by atoms with E-state index in [2.05, 4.69) is 37.3 Å². The van der Waals surface area contributed by atoms with E-state index < -0.39 is 5.76 Å². The van der Waals surface area contributed by atoms with Crippen LogP contribution in [0.25, 0.3) is 22.7 Å². The van der Waals surface area contributed by atoms with E-state index in [1.165, 1.54) is 0 Å². The number of aromatic amines is 1. The smallest absolute Gasteiger partial charge is 0.408 e. The van der Waals surface area contributed by atoms with E-state index >= 15 is 0 Å². The molecule has 0 unspecified atom stereocenters. The molecule has 0 radical (unpaired) electrons. The van der Waals surface area contributed by atoms with Gasteiger partial charge in [0.05, 0.1) is 17.4 Å². The van der Waals surface area contributed by atoms with Gasteiger partial charge in [0, 0.05) is 11.8 Å². The van der Waals surface area contributed by atoms with Crippen molar-refractivity contribution >= 4 is 28.6 Å². The lowest BCUT2D eigenvalue weighted by Crippen LogP contribution is -2.01. The summed E-state index contributed by atoms with van der Waals surface area (Å²) < 4.78 is 10.3. The lowest BCUT2D eigenvalue weighted by molar-refractivity contribution is 0.431. The Balaban J connectivity index is 1.58. The number of rotatable bonds is 6. The first kappa shape index (κ1) is 16.8. The Labute approximate surface area is 152 Å². The second-order valence-electron chi connectivity index (χ2n) is 5.97. The van der Waals surface area contributed by atoms with Gasteiger partial charge in [-0.2, -0.15) is 4.98 Å². The number of nitrogens with zero attached hydrogens (tertiary/aromatic N) is 4. The Morgan fingerprint density at radius 2 is 2.19 bits per heavy atom. The number of benzene rings is 1. The number of oxazole rings is 1. The Morgan fingerprint density at radius 3 is 3.04 bits per heavy atom. The molecule has 27 heavy (non-hydrogen) atoms. The molecular weight excluding hydrogens is 350 g/mol. The number of nitrogens with two attached hydrogens (primary N) is 1. The van der Waals surface area contributed by atoms with Crippen LogP contribution in [0.1, 0.15) is 25.5 Å². The van der Waals surface area contributed by atoms with Gasteiger partial charge in [-0.25, -0.2) is 14.8 Å². The molecule has 138 valence electrons. The van der Waals surface area contributed by atoms with E-state index in [1.807, 2.05) is 0 Å². The number of unbranched alkanes of at least 4 members (excludes halogenated alkanes) is 1. The third kappa shape index (κ3) is 3.50. The average molecular weight is 367 g/mol. The van der Waals surface area contributed by atoms with Crippen LogP contribution in [0, 0.1) is 0 Å². The number of aryl methyl sites for hydroxylation is 1. The summed E-state index contributed by atoms with van der Waals surface area (Å²) >= 11 is 0. The number of aromatic nitrogens is 5. The first-order valence-electron chi connectivity index (χ1n) is 8.47. The van der Waals surface area contributed by atoms with Crippen LogP contribution in [0.3, 0.4) is 0 Å². The van der Waals surface area contributed by atoms with Crippen LogP contribution in [0.5, 0.6) is 0 Å². The number of nitrogens with one attached hydrogen (secondary N) is 2. The van der Waals surface area contributed by atoms with Gasteiger partial charge >= 0.3 is 5.76 Å². The van der Waals surface area contributed by atoms with Gasteiger partial charge in [-0.05, 0) is 30.1 Å². The Hall–Kier alpha value is -3.69. The van der Waals surface area contributed by atoms with Gasteiger partial charge in [-0.15, -0.1) is 0 Å². The highest BCUT2D eigenvalue weighted by Gasteiger charge is 2.16. The van der Waals surface area contributed by atoms with E-state index in [9.17, 15) is 4.79 Å². The second kappa shape index (κ2) is 6.90. The van der Waals surface area contributed by atoms with Gasteiger partial charge in [0.25, 0.3) is 11.8 Å². The summed E-state index contributed by atoms with van der Waals surface area (Å²) in [4.78, 5) is 26.7. The van der Waals surface area contributed by atoms with Crippen molar-refractivity contribution in [2.45, 2.75) is 26.2 Å². The van der Waals surface area contributed by atoms with Gasteiger partial charge in [-0.1, -0.05) is 13.3 Å². The van der Waals surface area contributed by atoms with Crippen LogP contribution >= 0.6 is 0 Å². The molecule has 10 nitrogen and oxygen atoms in total. The maximum absolute atomic E-state index is 11.2. The second-order valence-corrected chi connectivity index (χ2v) is 5.97. The van der Waals surface area contributed by atoms with Gasteiger partial charge in [0.1, 0.15) is 0 Å². The van der Waals surface area contributed by atoms with Gasteiger partial charge in [0.2, 0.25) is 0 Å². The van der Waals surface area contributed by atoms with Crippen molar-refractivity contribution < 1.29 is 8.94 Å². The normalized spacial score (nSPS) is 11.1. The van der Waals surface area contributed by atoms with E-state index in [1.54, 1.807) is 24.4 Å². The Morgan fingerprint density at radius 1 is 1.30 bits per heavy atom. The predicted octanol–water partition coefficient (Wildman–Crippen LogP) is 2.63. The molecule has 0 atom stereocenters. The monoisotopic (exact) mass is 367 g/mol. The fraction of sp³-hybridized carbons (Fsp3) is 0.235. The molecule has 0 fully saturated rings. The summed E-state index contributed by atoms with van der Waals surface area (Å²) in [6.07, 6.45) is 4.52. The molecule has 0 aliphatic heterocycles. The number of anilines is 3. The Kier molecular flexibility index (Phi) is 4.29. The molecule has 0 spiro atoms. The van der Waals surface area contributed by atoms with Crippen molar-refractivity contribution in [3.8, 4) is 11.6 Å². The lowest BCUT2D eigenvalue weighted by Gasteiger charge is -2.03. The van der Waals surface area contributed by atoms with Crippen LogP contribution < -0.4 is 16.8 Å². The Bertz CT molecular complexity index is 1140. The fourth-order valence-corrected chi connectivity index (χ4v) is 2.59. The minimum atomic E-state index is -0.513. The molecule has 10 heteroatoms. The highest BCUT2D eigenvalue weighted by molar-refractivity contribution is 5.77. The minimum Gasteiger partial charge on any atom is -0.408 e. The van der Waals surface area contributed by atoms with Crippen molar-refractivity contribution in [1.29, 1.82) is 0 Å². The van der Waals surface area contributed by atoms with Crippen molar-refractivity contribution in [2.24, 2.45) is 0 Å². The zero-order valence-corrected chi connectivity index (χ0v) is 14.5. The van der Waals surface area contributed by atoms with Crippen LogP contribution in [0.15, 0.2) is 38.1 Å². The summed E-state index contributed by atoms with van der Waals surface area (Å²) in [7, 11) is 0. The van der Waals surface area contributed by atoms with Crippen LogP contribution in [0.2, 0.25) is 0 Å².